The van der Waals surface area contributed by atoms with E-state index in [-0.39, 0.29) is 27.9 Å². The molecule has 2 aromatic carbocycles. The number of methoxy groups -OCH3 is 2. The minimum Gasteiger partial charge on any atom is -0.507 e. The molecular formula is C28H26N2O7S. The first kappa shape index (κ1) is 26.6. The lowest BCUT2D eigenvalue weighted by Gasteiger charge is -2.23. The van der Waals surface area contributed by atoms with Gasteiger partial charge in [-0.2, -0.15) is 0 Å². The molecule has 1 aromatic heterocycles. The van der Waals surface area contributed by atoms with Crippen molar-refractivity contribution in [1.82, 2.24) is 4.98 Å². The third-order valence-electron chi connectivity index (χ3n) is 6.00. The van der Waals surface area contributed by atoms with E-state index in [1.807, 2.05) is 6.92 Å². The number of carbonyl (C=O) groups excluding carboxylic acids is 3. The molecule has 9 nitrogen and oxygen atoms in total. The summed E-state index contributed by atoms with van der Waals surface area (Å²) >= 11 is 0.921. The number of benzene rings is 2. The van der Waals surface area contributed by atoms with Gasteiger partial charge in [0.25, 0.3) is 5.78 Å². The summed E-state index contributed by atoms with van der Waals surface area (Å²) < 4.78 is 15.9. The van der Waals surface area contributed by atoms with E-state index in [0.717, 1.165) is 16.9 Å². The number of hydrogen-bond donors (Lipinski definition) is 1. The number of Topliss-reactive ketones (excluding diaryl/α,β-unsaturated/α-hetero) is 1. The molecular weight excluding hydrogens is 508 g/mol. The molecule has 1 fully saturated rings. The van der Waals surface area contributed by atoms with Gasteiger partial charge in [0.05, 0.1) is 31.5 Å². The van der Waals surface area contributed by atoms with Crippen molar-refractivity contribution in [3.05, 3.63) is 88.0 Å². The molecule has 1 aliphatic rings. The normalized spacial score (nSPS) is 16.4. The van der Waals surface area contributed by atoms with Gasteiger partial charge in [-0.3, -0.25) is 14.5 Å². The van der Waals surface area contributed by atoms with Gasteiger partial charge in [-0.15, -0.1) is 0 Å². The van der Waals surface area contributed by atoms with Gasteiger partial charge in [-0.05, 0) is 31.5 Å². The van der Waals surface area contributed by atoms with Crippen molar-refractivity contribution in [3.63, 3.8) is 0 Å². The van der Waals surface area contributed by atoms with Gasteiger partial charge in [0, 0.05) is 5.56 Å². The average Bonchev–Trinajstić information content (AvgIpc) is 3.43. The molecule has 0 bridgehead atoms. The fourth-order valence-electron chi connectivity index (χ4n) is 4.11. The Bertz CT molecular complexity index is 1460. The van der Waals surface area contributed by atoms with Crippen LogP contribution in [0.5, 0.6) is 11.5 Å². The van der Waals surface area contributed by atoms with E-state index < -0.39 is 23.7 Å². The zero-order chi connectivity index (χ0) is 27.6. The number of ketones is 1. The van der Waals surface area contributed by atoms with Crippen molar-refractivity contribution in [2.24, 2.45) is 0 Å². The second-order valence-electron chi connectivity index (χ2n) is 8.45. The van der Waals surface area contributed by atoms with Crippen molar-refractivity contribution in [2.45, 2.75) is 19.9 Å². The van der Waals surface area contributed by atoms with Gasteiger partial charge >= 0.3 is 11.9 Å². The molecule has 1 amide bonds. The van der Waals surface area contributed by atoms with E-state index in [1.165, 1.54) is 25.2 Å². The first-order valence-corrected chi connectivity index (χ1v) is 12.4. The highest BCUT2D eigenvalue weighted by atomic mass is 32.1. The number of amides is 1. The Morgan fingerprint density at radius 3 is 2.42 bits per heavy atom. The lowest BCUT2D eigenvalue weighted by Crippen LogP contribution is -2.29. The largest absolute Gasteiger partial charge is 0.507 e. The average molecular weight is 535 g/mol. The molecule has 196 valence electrons. The Labute approximate surface area is 223 Å². The number of ether oxygens (including phenoxy) is 3. The highest BCUT2D eigenvalue weighted by Crippen LogP contribution is 2.45. The van der Waals surface area contributed by atoms with Crippen molar-refractivity contribution in [3.8, 4) is 11.5 Å². The summed E-state index contributed by atoms with van der Waals surface area (Å²) in [5.41, 5.74) is 2.04. The van der Waals surface area contributed by atoms with Gasteiger partial charge in [0.2, 0.25) is 0 Å². The third-order valence-corrected chi connectivity index (χ3v) is 7.14. The van der Waals surface area contributed by atoms with E-state index in [9.17, 15) is 19.5 Å². The number of carbonyl (C=O) groups is 3. The van der Waals surface area contributed by atoms with Crippen molar-refractivity contribution in [2.75, 3.05) is 25.7 Å². The van der Waals surface area contributed by atoms with E-state index in [1.54, 1.807) is 49.4 Å². The van der Waals surface area contributed by atoms with E-state index in [4.69, 9.17) is 14.2 Å². The Morgan fingerprint density at radius 1 is 1.11 bits per heavy atom. The highest BCUT2D eigenvalue weighted by molar-refractivity contribution is 7.17. The molecule has 2 heterocycles. The van der Waals surface area contributed by atoms with Crippen LogP contribution in [0.3, 0.4) is 0 Å². The van der Waals surface area contributed by atoms with E-state index in [0.29, 0.717) is 28.3 Å². The number of aryl methyl sites for hydroxylation is 2. The third kappa shape index (κ3) is 4.78. The zero-order valence-electron chi connectivity index (χ0n) is 21.3. The van der Waals surface area contributed by atoms with Crippen LogP contribution in [0.25, 0.3) is 5.76 Å². The Morgan fingerprint density at radius 2 is 1.79 bits per heavy atom. The molecule has 1 saturated heterocycles. The fraction of sp³-hybridized carbons (Fsp3) is 0.214. The Hall–Kier alpha value is -4.44. The summed E-state index contributed by atoms with van der Waals surface area (Å²) in [7, 11) is 2.96. The first-order valence-electron chi connectivity index (χ1n) is 11.6. The van der Waals surface area contributed by atoms with Crippen molar-refractivity contribution < 1.29 is 33.7 Å². The molecule has 38 heavy (non-hydrogen) atoms. The van der Waals surface area contributed by atoms with Gasteiger partial charge < -0.3 is 19.3 Å². The molecule has 4 rings (SSSR count). The topological polar surface area (TPSA) is 115 Å². The van der Waals surface area contributed by atoms with E-state index in [2.05, 4.69) is 11.6 Å². The van der Waals surface area contributed by atoms with Crippen LogP contribution in [0.2, 0.25) is 0 Å². The quantitative estimate of drug-likeness (QED) is 0.145. The number of aliphatic hydroxyl groups is 1. The predicted octanol–water partition coefficient (Wildman–Crippen LogP) is 4.75. The second-order valence-corrected chi connectivity index (χ2v) is 9.43. The van der Waals surface area contributed by atoms with Crippen LogP contribution < -0.4 is 14.4 Å². The standard InChI is InChI=1S/C28H26N2O7S/c1-6-13-37-27(34)25-16(3)29-28(38-25)30-22(18-11-12-19(35-4)20(14-18)36-5)21(24(32)26(30)33)23(31)17-9-7-15(2)8-10-17/h6-12,14,22,31H,1,13H2,2-5H3/b23-21-. The van der Waals surface area contributed by atoms with Crippen LogP contribution in [-0.4, -0.2) is 48.6 Å². The summed E-state index contributed by atoms with van der Waals surface area (Å²) in [6.07, 6.45) is 1.44. The number of aliphatic hydroxyl groups excluding tert-OH is 1. The number of aromatic nitrogens is 1. The molecule has 0 radical (unpaired) electrons. The monoisotopic (exact) mass is 534 g/mol. The minimum absolute atomic E-state index is 0.0121. The van der Waals surface area contributed by atoms with Crippen molar-refractivity contribution >= 4 is 39.9 Å². The molecule has 0 aliphatic carbocycles. The molecule has 1 aliphatic heterocycles. The summed E-state index contributed by atoms with van der Waals surface area (Å²) in [6.45, 7) is 7.05. The Kier molecular flexibility index (Phi) is 7.63. The molecule has 10 heteroatoms. The summed E-state index contributed by atoms with van der Waals surface area (Å²) in [5.74, 6) is -1.90. The van der Waals surface area contributed by atoms with Crippen LogP contribution in [0.4, 0.5) is 5.13 Å². The van der Waals surface area contributed by atoms with Gasteiger partial charge in [-0.1, -0.05) is 59.9 Å². The number of rotatable bonds is 8. The Balaban J connectivity index is 1.92. The lowest BCUT2D eigenvalue weighted by molar-refractivity contribution is -0.132. The smallest absolute Gasteiger partial charge is 0.350 e. The van der Waals surface area contributed by atoms with Crippen LogP contribution in [0, 0.1) is 13.8 Å². The maximum Gasteiger partial charge on any atom is 0.350 e. The number of anilines is 1. The highest BCUT2D eigenvalue weighted by Gasteiger charge is 2.48. The number of thiazole rings is 1. The molecule has 1 atom stereocenters. The minimum atomic E-state index is -1.06. The number of hydrogen-bond acceptors (Lipinski definition) is 9. The molecule has 0 spiro atoms. The van der Waals surface area contributed by atoms with Gasteiger partial charge in [0.15, 0.2) is 16.6 Å². The van der Waals surface area contributed by atoms with Gasteiger partial charge in [0.1, 0.15) is 17.2 Å². The zero-order valence-corrected chi connectivity index (χ0v) is 22.1. The molecule has 1 unspecified atom stereocenters. The van der Waals surface area contributed by atoms with Crippen molar-refractivity contribution in [1.29, 1.82) is 0 Å². The maximum absolute atomic E-state index is 13.4. The van der Waals surface area contributed by atoms with Crippen LogP contribution in [-0.2, 0) is 14.3 Å². The second kappa shape index (κ2) is 10.9. The number of esters is 1. The maximum atomic E-state index is 13.4. The molecule has 0 saturated carbocycles. The number of nitrogens with zero attached hydrogens (tertiary/aromatic N) is 2. The lowest BCUT2D eigenvalue weighted by atomic mass is 9.95. The summed E-state index contributed by atoms with van der Waals surface area (Å²) in [4.78, 5) is 45.2. The van der Waals surface area contributed by atoms with Gasteiger partial charge in [-0.25, -0.2) is 9.78 Å². The summed E-state index contributed by atoms with van der Waals surface area (Å²) in [5, 5.41) is 11.4. The summed E-state index contributed by atoms with van der Waals surface area (Å²) in [6, 6.07) is 10.8. The van der Waals surface area contributed by atoms with Crippen LogP contribution in [0.1, 0.15) is 38.1 Å². The SMILES string of the molecule is C=CCOC(=O)c1sc(N2C(=O)C(=O)/C(=C(\O)c3ccc(C)cc3)C2c2ccc(OC)c(OC)c2)nc1C. The van der Waals surface area contributed by atoms with Crippen LogP contribution in [0.15, 0.2) is 60.7 Å². The predicted molar refractivity (Wildman–Crippen MR) is 143 cm³/mol. The molecule has 1 N–H and O–H groups in total. The van der Waals surface area contributed by atoms with E-state index >= 15 is 0 Å². The van der Waals surface area contributed by atoms with Crippen LogP contribution >= 0.6 is 11.3 Å². The fourth-order valence-corrected chi connectivity index (χ4v) is 5.10. The molecule has 3 aromatic rings. The first-order chi connectivity index (χ1) is 18.2.